The van der Waals surface area contributed by atoms with Crippen LogP contribution in [-0.2, 0) is 20.8 Å². The Balaban J connectivity index is 1.83. The van der Waals surface area contributed by atoms with Crippen LogP contribution in [0.15, 0.2) is 54.6 Å². The SMILES string of the molecule is CC(C)(C)OC(=O)C[C@H]1C[C@@H](c2ccc(C#N)cc2)N(Cc2ccccc2)C(=O)O1. The molecule has 6 heteroatoms. The first-order chi connectivity index (χ1) is 14.2. The van der Waals surface area contributed by atoms with Gasteiger partial charge in [-0.05, 0) is 44.0 Å². The van der Waals surface area contributed by atoms with Crippen molar-refractivity contribution in [3.63, 3.8) is 0 Å². The molecule has 0 N–H and O–H groups in total. The van der Waals surface area contributed by atoms with E-state index in [0.717, 1.165) is 11.1 Å². The first-order valence-corrected chi connectivity index (χ1v) is 9.98. The van der Waals surface area contributed by atoms with Gasteiger partial charge in [0.05, 0.1) is 24.1 Å². The number of carbonyl (C=O) groups excluding carboxylic acids is 2. The van der Waals surface area contributed by atoms with E-state index >= 15 is 0 Å². The van der Waals surface area contributed by atoms with Gasteiger partial charge >= 0.3 is 12.1 Å². The molecule has 156 valence electrons. The molecule has 0 unspecified atom stereocenters. The van der Waals surface area contributed by atoms with Crippen molar-refractivity contribution in [1.29, 1.82) is 5.26 Å². The Hall–Kier alpha value is -3.33. The third-order valence-electron chi connectivity index (χ3n) is 4.80. The number of esters is 1. The number of carbonyl (C=O) groups is 2. The molecular formula is C24H26N2O4. The summed E-state index contributed by atoms with van der Waals surface area (Å²) in [5.41, 5.74) is 1.84. The minimum atomic E-state index is -0.596. The molecule has 1 amide bonds. The molecule has 2 aromatic rings. The summed E-state index contributed by atoms with van der Waals surface area (Å²) in [7, 11) is 0. The predicted molar refractivity (Wildman–Crippen MR) is 111 cm³/mol. The van der Waals surface area contributed by atoms with E-state index in [4.69, 9.17) is 14.7 Å². The second-order valence-electron chi connectivity index (χ2n) is 8.40. The molecule has 0 aromatic heterocycles. The zero-order chi connectivity index (χ0) is 21.7. The second-order valence-corrected chi connectivity index (χ2v) is 8.40. The molecule has 1 fully saturated rings. The number of amides is 1. The van der Waals surface area contributed by atoms with E-state index in [2.05, 4.69) is 6.07 Å². The molecule has 2 aromatic carbocycles. The summed E-state index contributed by atoms with van der Waals surface area (Å²) >= 11 is 0. The van der Waals surface area contributed by atoms with Gasteiger partial charge in [-0.15, -0.1) is 0 Å². The van der Waals surface area contributed by atoms with Gasteiger partial charge in [0, 0.05) is 13.0 Å². The summed E-state index contributed by atoms with van der Waals surface area (Å²) < 4.78 is 11.0. The van der Waals surface area contributed by atoms with E-state index in [1.54, 1.807) is 37.8 Å². The fourth-order valence-corrected chi connectivity index (χ4v) is 3.51. The van der Waals surface area contributed by atoms with Crippen LogP contribution in [0.5, 0.6) is 0 Å². The standard InChI is InChI=1S/C24H26N2O4/c1-24(2,3)30-22(27)14-20-13-21(19-11-9-17(15-25)10-12-19)26(23(28)29-20)16-18-7-5-4-6-8-18/h4-12,20-21H,13-14,16H2,1-3H3/t20-,21+/m1/s1. The lowest BCUT2D eigenvalue weighted by Crippen LogP contribution is -2.44. The van der Waals surface area contributed by atoms with Gasteiger partial charge in [0.25, 0.3) is 0 Å². The van der Waals surface area contributed by atoms with Gasteiger partial charge in [0.2, 0.25) is 0 Å². The van der Waals surface area contributed by atoms with E-state index < -0.39 is 23.8 Å². The van der Waals surface area contributed by atoms with Crippen LogP contribution in [0.4, 0.5) is 4.79 Å². The Labute approximate surface area is 177 Å². The van der Waals surface area contributed by atoms with Crippen molar-refractivity contribution in [2.24, 2.45) is 0 Å². The van der Waals surface area contributed by atoms with E-state index in [0.29, 0.717) is 18.5 Å². The minimum absolute atomic E-state index is 0.00889. The van der Waals surface area contributed by atoms with Crippen LogP contribution in [0.3, 0.4) is 0 Å². The number of rotatable bonds is 5. The number of hydrogen-bond acceptors (Lipinski definition) is 5. The Morgan fingerprint density at radius 3 is 2.43 bits per heavy atom. The largest absolute Gasteiger partial charge is 0.460 e. The van der Waals surface area contributed by atoms with Gasteiger partial charge in [-0.1, -0.05) is 42.5 Å². The molecule has 6 nitrogen and oxygen atoms in total. The molecule has 1 saturated heterocycles. The molecule has 0 saturated carbocycles. The van der Waals surface area contributed by atoms with Crippen molar-refractivity contribution in [1.82, 2.24) is 4.90 Å². The summed E-state index contributed by atoms with van der Waals surface area (Å²) in [5, 5.41) is 9.08. The van der Waals surface area contributed by atoms with E-state index in [1.165, 1.54) is 0 Å². The predicted octanol–water partition coefficient (Wildman–Crippen LogP) is 4.74. The lowest BCUT2D eigenvalue weighted by Gasteiger charge is -2.39. The molecule has 2 atom stereocenters. The van der Waals surface area contributed by atoms with Crippen molar-refractivity contribution < 1.29 is 19.1 Å². The van der Waals surface area contributed by atoms with E-state index in [9.17, 15) is 9.59 Å². The molecule has 1 aliphatic rings. The molecule has 3 rings (SSSR count). The maximum absolute atomic E-state index is 12.9. The monoisotopic (exact) mass is 406 g/mol. The highest BCUT2D eigenvalue weighted by molar-refractivity contribution is 5.73. The molecule has 0 aliphatic carbocycles. The fourth-order valence-electron chi connectivity index (χ4n) is 3.51. The van der Waals surface area contributed by atoms with Gasteiger partial charge < -0.3 is 9.47 Å². The normalized spacial score (nSPS) is 19.0. The summed E-state index contributed by atoms with van der Waals surface area (Å²) in [4.78, 5) is 26.8. The minimum Gasteiger partial charge on any atom is -0.460 e. The summed E-state index contributed by atoms with van der Waals surface area (Å²) in [6, 6.07) is 18.7. The van der Waals surface area contributed by atoms with Gasteiger partial charge in [0.1, 0.15) is 11.7 Å². The first kappa shape index (κ1) is 21.4. The topological polar surface area (TPSA) is 79.6 Å². The zero-order valence-corrected chi connectivity index (χ0v) is 17.5. The number of benzene rings is 2. The molecule has 30 heavy (non-hydrogen) atoms. The van der Waals surface area contributed by atoms with E-state index in [-0.39, 0.29) is 12.5 Å². The van der Waals surface area contributed by atoms with Crippen molar-refractivity contribution in [2.45, 2.75) is 57.9 Å². The highest BCUT2D eigenvalue weighted by Crippen LogP contribution is 2.34. The highest BCUT2D eigenvalue weighted by atomic mass is 16.6. The van der Waals surface area contributed by atoms with Crippen LogP contribution in [0, 0.1) is 11.3 Å². The number of ether oxygens (including phenoxy) is 2. The van der Waals surface area contributed by atoms with Gasteiger partial charge in [-0.25, -0.2) is 4.79 Å². The van der Waals surface area contributed by atoms with Crippen molar-refractivity contribution in [2.75, 3.05) is 0 Å². The van der Waals surface area contributed by atoms with Crippen LogP contribution in [-0.4, -0.2) is 28.7 Å². The summed E-state index contributed by atoms with van der Waals surface area (Å²) in [5.74, 6) is -0.393. The summed E-state index contributed by atoms with van der Waals surface area (Å²) in [6.07, 6.45) is -0.563. The van der Waals surface area contributed by atoms with Crippen LogP contribution in [0.1, 0.15) is 56.3 Å². The number of hydrogen-bond donors (Lipinski definition) is 0. The second kappa shape index (κ2) is 9.00. The van der Waals surface area contributed by atoms with Gasteiger partial charge in [-0.3, -0.25) is 9.69 Å². The zero-order valence-electron chi connectivity index (χ0n) is 17.5. The lowest BCUT2D eigenvalue weighted by molar-refractivity contribution is -0.158. The Bertz CT molecular complexity index is 926. The van der Waals surface area contributed by atoms with Crippen molar-refractivity contribution in [3.05, 3.63) is 71.3 Å². The Morgan fingerprint density at radius 1 is 1.17 bits per heavy atom. The maximum Gasteiger partial charge on any atom is 0.410 e. The van der Waals surface area contributed by atoms with Crippen LogP contribution in [0.2, 0.25) is 0 Å². The van der Waals surface area contributed by atoms with Crippen molar-refractivity contribution >= 4 is 12.1 Å². The highest BCUT2D eigenvalue weighted by Gasteiger charge is 2.37. The maximum atomic E-state index is 12.9. The number of nitriles is 1. The Morgan fingerprint density at radius 2 is 1.83 bits per heavy atom. The average molecular weight is 406 g/mol. The average Bonchev–Trinajstić information content (AvgIpc) is 2.69. The lowest BCUT2D eigenvalue weighted by atomic mass is 9.95. The van der Waals surface area contributed by atoms with Crippen LogP contribution >= 0.6 is 0 Å². The number of nitrogens with zero attached hydrogens (tertiary/aromatic N) is 2. The first-order valence-electron chi connectivity index (χ1n) is 9.98. The molecule has 0 bridgehead atoms. The molecule has 1 aliphatic heterocycles. The molecular weight excluding hydrogens is 380 g/mol. The molecule has 0 radical (unpaired) electrons. The van der Waals surface area contributed by atoms with Crippen LogP contribution in [0.25, 0.3) is 0 Å². The third-order valence-corrected chi connectivity index (χ3v) is 4.80. The third kappa shape index (κ3) is 5.60. The van der Waals surface area contributed by atoms with Crippen molar-refractivity contribution in [3.8, 4) is 6.07 Å². The van der Waals surface area contributed by atoms with Gasteiger partial charge in [0.15, 0.2) is 0 Å². The van der Waals surface area contributed by atoms with Crippen LogP contribution < -0.4 is 0 Å². The molecule has 0 spiro atoms. The smallest absolute Gasteiger partial charge is 0.410 e. The quantitative estimate of drug-likeness (QED) is 0.670. The number of cyclic esters (lactones) is 1. The van der Waals surface area contributed by atoms with Gasteiger partial charge in [-0.2, -0.15) is 5.26 Å². The van der Waals surface area contributed by atoms with E-state index in [1.807, 2.05) is 42.5 Å². The Kier molecular flexibility index (Phi) is 6.41. The molecule has 1 heterocycles. The summed E-state index contributed by atoms with van der Waals surface area (Å²) in [6.45, 7) is 5.81. The fraction of sp³-hybridized carbons (Fsp3) is 0.375.